The number of nitrogens with one attached hydrogen (secondary N) is 2. The number of aliphatic hydroxyl groups excluding tert-OH is 1. The molecule has 0 bridgehead atoms. The van der Waals surface area contributed by atoms with Crippen molar-refractivity contribution in [2.45, 2.75) is 52.9 Å². The van der Waals surface area contributed by atoms with Gasteiger partial charge < -0.3 is 15.7 Å². The van der Waals surface area contributed by atoms with Crippen LogP contribution in [-0.4, -0.2) is 34.8 Å². The lowest BCUT2D eigenvalue weighted by Gasteiger charge is -2.15. The topological polar surface area (TPSA) is 70.1 Å². The molecule has 5 nitrogen and oxygen atoms in total. The standard InChI is InChI=1S/C16H30N4O/c1-4-7-14-15(17-9-5-2)19-12-20-16(14)18-10-6-8-13(3)11-21/h12-13,21H,4-11H2,1-3H3,(H2,17,18,19,20). The molecule has 0 saturated carbocycles. The van der Waals surface area contributed by atoms with Gasteiger partial charge in [0.1, 0.15) is 18.0 Å². The second-order valence-electron chi connectivity index (χ2n) is 5.58. The molecule has 0 amide bonds. The van der Waals surface area contributed by atoms with Crippen LogP contribution in [0.1, 0.15) is 52.0 Å². The minimum atomic E-state index is 0.264. The van der Waals surface area contributed by atoms with Crippen molar-refractivity contribution < 1.29 is 5.11 Å². The first-order chi connectivity index (χ1) is 10.2. The monoisotopic (exact) mass is 294 g/mol. The van der Waals surface area contributed by atoms with Crippen molar-refractivity contribution in [1.82, 2.24) is 9.97 Å². The highest BCUT2D eigenvalue weighted by atomic mass is 16.3. The summed E-state index contributed by atoms with van der Waals surface area (Å²) in [5.41, 5.74) is 1.18. The fraction of sp³-hybridized carbons (Fsp3) is 0.750. The minimum absolute atomic E-state index is 0.264. The molecular weight excluding hydrogens is 264 g/mol. The smallest absolute Gasteiger partial charge is 0.134 e. The predicted molar refractivity (Wildman–Crippen MR) is 88.8 cm³/mol. The van der Waals surface area contributed by atoms with Gasteiger partial charge in [0.25, 0.3) is 0 Å². The van der Waals surface area contributed by atoms with E-state index in [2.05, 4.69) is 41.4 Å². The fourth-order valence-corrected chi connectivity index (χ4v) is 2.20. The summed E-state index contributed by atoms with van der Waals surface area (Å²) < 4.78 is 0. The molecule has 0 fully saturated rings. The molecule has 0 spiro atoms. The van der Waals surface area contributed by atoms with Crippen LogP contribution in [0.2, 0.25) is 0 Å². The van der Waals surface area contributed by atoms with E-state index in [1.54, 1.807) is 6.33 Å². The van der Waals surface area contributed by atoms with Gasteiger partial charge in [0.15, 0.2) is 0 Å². The van der Waals surface area contributed by atoms with E-state index in [0.717, 1.165) is 56.8 Å². The fourth-order valence-electron chi connectivity index (χ4n) is 2.20. The van der Waals surface area contributed by atoms with Crippen LogP contribution in [0.4, 0.5) is 11.6 Å². The molecule has 1 heterocycles. The van der Waals surface area contributed by atoms with Crippen LogP contribution in [0.3, 0.4) is 0 Å². The van der Waals surface area contributed by atoms with E-state index in [9.17, 15) is 0 Å². The third-order valence-corrected chi connectivity index (χ3v) is 3.47. The van der Waals surface area contributed by atoms with E-state index in [1.165, 1.54) is 5.56 Å². The first-order valence-electron chi connectivity index (χ1n) is 8.15. The van der Waals surface area contributed by atoms with Gasteiger partial charge in [-0.2, -0.15) is 0 Å². The van der Waals surface area contributed by atoms with Crippen LogP contribution >= 0.6 is 0 Å². The second-order valence-corrected chi connectivity index (χ2v) is 5.58. The zero-order chi connectivity index (χ0) is 15.5. The van der Waals surface area contributed by atoms with E-state index >= 15 is 0 Å². The van der Waals surface area contributed by atoms with Crippen LogP contribution < -0.4 is 10.6 Å². The van der Waals surface area contributed by atoms with Crippen LogP contribution in [-0.2, 0) is 6.42 Å². The molecule has 21 heavy (non-hydrogen) atoms. The zero-order valence-corrected chi connectivity index (χ0v) is 13.7. The van der Waals surface area contributed by atoms with Crippen molar-refractivity contribution in [2.75, 3.05) is 30.3 Å². The van der Waals surface area contributed by atoms with Crippen LogP contribution in [0.15, 0.2) is 6.33 Å². The van der Waals surface area contributed by atoms with Crippen LogP contribution in [0.5, 0.6) is 0 Å². The number of hydrogen-bond donors (Lipinski definition) is 3. The number of aliphatic hydroxyl groups is 1. The molecule has 3 N–H and O–H groups in total. The molecule has 1 atom stereocenters. The van der Waals surface area contributed by atoms with Gasteiger partial charge in [-0.25, -0.2) is 9.97 Å². The molecule has 0 radical (unpaired) electrons. The van der Waals surface area contributed by atoms with Crippen LogP contribution in [0.25, 0.3) is 0 Å². The van der Waals surface area contributed by atoms with Crippen molar-refractivity contribution in [3.63, 3.8) is 0 Å². The van der Waals surface area contributed by atoms with E-state index in [1.807, 2.05) is 0 Å². The molecule has 0 saturated heterocycles. The molecule has 0 aliphatic heterocycles. The highest BCUT2D eigenvalue weighted by Gasteiger charge is 2.10. The highest BCUT2D eigenvalue weighted by molar-refractivity contribution is 5.57. The Morgan fingerprint density at radius 1 is 1.10 bits per heavy atom. The van der Waals surface area contributed by atoms with Gasteiger partial charge in [0.05, 0.1) is 0 Å². The van der Waals surface area contributed by atoms with Crippen molar-refractivity contribution in [3.8, 4) is 0 Å². The van der Waals surface area contributed by atoms with Crippen molar-refractivity contribution in [1.29, 1.82) is 0 Å². The molecule has 1 aromatic heterocycles. The zero-order valence-electron chi connectivity index (χ0n) is 13.7. The lowest BCUT2D eigenvalue weighted by molar-refractivity contribution is 0.229. The van der Waals surface area contributed by atoms with Crippen LogP contribution in [0, 0.1) is 5.92 Å². The predicted octanol–water partition coefficient (Wildman–Crippen LogP) is 3.07. The van der Waals surface area contributed by atoms with Gasteiger partial charge >= 0.3 is 0 Å². The third kappa shape index (κ3) is 6.29. The Hall–Kier alpha value is -1.36. The summed E-state index contributed by atoms with van der Waals surface area (Å²) in [7, 11) is 0. The molecule has 1 aromatic rings. The summed E-state index contributed by atoms with van der Waals surface area (Å²) in [5.74, 6) is 2.27. The molecule has 1 unspecified atom stereocenters. The third-order valence-electron chi connectivity index (χ3n) is 3.47. The average Bonchev–Trinajstić information content (AvgIpc) is 2.51. The maximum Gasteiger partial charge on any atom is 0.134 e. The first-order valence-corrected chi connectivity index (χ1v) is 8.15. The molecule has 0 aromatic carbocycles. The minimum Gasteiger partial charge on any atom is -0.396 e. The number of nitrogens with zero attached hydrogens (tertiary/aromatic N) is 2. The van der Waals surface area contributed by atoms with Crippen molar-refractivity contribution >= 4 is 11.6 Å². The lowest BCUT2D eigenvalue weighted by Crippen LogP contribution is -2.12. The van der Waals surface area contributed by atoms with Gasteiger partial charge in [0, 0.05) is 25.3 Å². The molecule has 120 valence electrons. The Morgan fingerprint density at radius 3 is 2.33 bits per heavy atom. The molecule has 1 rings (SSSR count). The number of aromatic nitrogens is 2. The van der Waals surface area contributed by atoms with E-state index in [-0.39, 0.29) is 6.61 Å². The summed E-state index contributed by atoms with van der Waals surface area (Å²) in [6, 6.07) is 0. The average molecular weight is 294 g/mol. The van der Waals surface area contributed by atoms with Crippen molar-refractivity contribution in [2.24, 2.45) is 5.92 Å². The maximum atomic E-state index is 9.03. The Bertz CT molecular complexity index is 398. The molecule has 0 aliphatic carbocycles. The van der Waals surface area contributed by atoms with E-state index in [4.69, 9.17) is 5.11 Å². The SMILES string of the molecule is CCCNc1ncnc(NCCCC(C)CO)c1CCC. The molecular formula is C16H30N4O. The summed E-state index contributed by atoms with van der Waals surface area (Å²) in [4.78, 5) is 8.76. The lowest BCUT2D eigenvalue weighted by atomic mass is 10.1. The number of anilines is 2. The summed E-state index contributed by atoms with van der Waals surface area (Å²) in [6.45, 7) is 8.46. The Kier molecular flexibility index (Phi) is 8.74. The quantitative estimate of drug-likeness (QED) is 0.547. The van der Waals surface area contributed by atoms with E-state index in [0.29, 0.717) is 5.92 Å². The second kappa shape index (κ2) is 10.4. The summed E-state index contributed by atoms with van der Waals surface area (Å²) in [5, 5.41) is 15.8. The number of rotatable bonds is 11. The van der Waals surface area contributed by atoms with E-state index < -0.39 is 0 Å². The number of hydrogen-bond acceptors (Lipinski definition) is 5. The van der Waals surface area contributed by atoms with Gasteiger partial charge in [-0.15, -0.1) is 0 Å². The van der Waals surface area contributed by atoms with Gasteiger partial charge in [0.2, 0.25) is 0 Å². The molecule has 0 aliphatic rings. The Labute approximate surface area is 128 Å². The first kappa shape index (κ1) is 17.7. The molecule has 5 heteroatoms. The summed E-state index contributed by atoms with van der Waals surface area (Å²) in [6.07, 6.45) is 6.81. The van der Waals surface area contributed by atoms with Crippen molar-refractivity contribution in [3.05, 3.63) is 11.9 Å². The Balaban J connectivity index is 2.62. The Morgan fingerprint density at radius 2 is 1.76 bits per heavy atom. The normalized spacial score (nSPS) is 12.2. The maximum absolute atomic E-state index is 9.03. The van der Waals surface area contributed by atoms with Gasteiger partial charge in [-0.05, 0) is 31.6 Å². The summed E-state index contributed by atoms with van der Waals surface area (Å²) >= 11 is 0. The van der Waals surface area contributed by atoms with Gasteiger partial charge in [-0.3, -0.25) is 0 Å². The largest absolute Gasteiger partial charge is 0.396 e. The van der Waals surface area contributed by atoms with Gasteiger partial charge in [-0.1, -0.05) is 27.2 Å². The highest BCUT2D eigenvalue weighted by Crippen LogP contribution is 2.21.